The lowest BCUT2D eigenvalue weighted by molar-refractivity contribution is -0.132. The van der Waals surface area contributed by atoms with Gasteiger partial charge in [0.25, 0.3) is 11.7 Å². The number of ketones is 1. The summed E-state index contributed by atoms with van der Waals surface area (Å²) >= 11 is 0. The SMILES string of the molecule is CCc1ccc(N2C(=O)C(=O)/C(=C(/O)c3ccccc3)C2c2c(C)[nH]c3ccccc23)cc1. The van der Waals surface area contributed by atoms with Crippen molar-refractivity contribution in [1.82, 2.24) is 4.98 Å². The van der Waals surface area contributed by atoms with Crippen LogP contribution in [0.3, 0.4) is 0 Å². The van der Waals surface area contributed by atoms with Crippen molar-refractivity contribution in [3.05, 3.63) is 107 Å². The summed E-state index contributed by atoms with van der Waals surface area (Å²) in [5, 5.41) is 12.2. The van der Waals surface area contributed by atoms with Crippen molar-refractivity contribution in [2.24, 2.45) is 0 Å². The van der Waals surface area contributed by atoms with E-state index in [9.17, 15) is 14.7 Å². The predicted octanol–water partition coefficient (Wildman–Crippen LogP) is 5.67. The molecule has 1 aliphatic rings. The van der Waals surface area contributed by atoms with E-state index in [-0.39, 0.29) is 11.3 Å². The highest BCUT2D eigenvalue weighted by atomic mass is 16.3. The Hall–Kier alpha value is -4.12. The highest BCUT2D eigenvalue weighted by Gasteiger charge is 2.48. The van der Waals surface area contributed by atoms with Gasteiger partial charge >= 0.3 is 0 Å². The third kappa shape index (κ3) is 3.33. The van der Waals surface area contributed by atoms with E-state index in [2.05, 4.69) is 11.9 Å². The van der Waals surface area contributed by atoms with E-state index in [1.165, 1.54) is 4.90 Å². The second-order valence-electron chi connectivity index (χ2n) is 8.26. The molecule has 1 unspecified atom stereocenters. The van der Waals surface area contributed by atoms with Gasteiger partial charge in [0.15, 0.2) is 0 Å². The fourth-order valence-electron chi connectivity index (χ4n) is 4.67. The number of carbonyl (C=O) groups is 2. The van der Waals surface area contributed by atoms with Gasteiger partial charge in [0.1, 0.15) is 5.76 Å². The molecule has 1 saturated heterocycles. The topological polar surface area (TPSA) is 73.4 Å². The number of amides is 1. The van der Waals surface area contributed by atoms with E-state index in [1.54, 1.807) is 24.3 Å². The first kappa shape index (κ1) is 20.8. The minimum atomic E-state index is -0.756. The van der Waals surface area contributed by atoms with Crippen molar-refractivity contribution < 1.29 is 14.7 Å². The molecular weight excluding hydrogens is 412 g/mol. The minimum Gasteiger partial charge on any atom is -0.507 e. The van der Waals surface area contributed by atoms with Crippen LogP contribution in [0.15, 0.2) is 84.4 Å². The van der Waals surface area contributed by atoms with Crippen LogP contribution in [0.5, 0.6) is 0 Å². The Labute approximate surface area is 192 Å². The first-order valence-corrected chi connectivity index (χ1v) is 11.0. The zero-order valence-electron chi connectivity index (χ0n) is 18.5. The number of rotatable bonds is 4. The average Bonchev–Trinajstić information content (AvgIpc) is 3.31. The number of carbonyl (C=O) groups excluding carboxylic acids is 2. The zero-order chi connectivity index (χ0) is 23.1. The Balaban J connectivity index is 1.80. The van der Waals surface area contributed by atoms with E-state index in [4.69, 9.17) is 0 Å². The van der Waals surface area contributed by atoms with E-state index in [1.807, 2.05) is 61.5 Å². The van der Waals surface area contributed by atoms with Crippen molar-refractivity contribution in [1.29, 1.82) is 0 Å². The molecule has 33 heavy (non-hydrogen) atoms. The Morgan fingerprint density at radius 3 is 2.30 bits per heavy atom. The van der Waals surface area contributed by atoms with Crippen LogP contribution in [0.2, 0.25) is 0 Å². The van der Waals surface area contributed by atoms with Gasteiger partial charge in [-0.1, -0.05) is 67.6 Å². The first-order chi connectivity index (χ1) is 16.0. The van der Waals surface area contributed by atoms with E-state index < -0.39 is 17.7 Å². The van der Waals surface area contributed by atoms with Gasteiger partial charge < -0.3 is 10.1 Å². The maximum atomic E-state index is 13.4. The maximum Gasteiger partial charge on any atom is 0.300 e. The lowest BCUT2D eigenvalue weighted by atomic mass is 9.93. The molecule has 2 heterocycles. The Morgan fingerprint density at radius 2 is 1.61 bits per heavy atom. The molecule has 1 aromatic heterocycles. The summed E-state index contributed by atoms with van der Waals surface area (Å²) in [6, 6.07) is 23.6. The number of para-hydroxylation sites is 1. The number of aromatic nitrogens is 1. The number of aliphatic hydroxyl groups is 1. The fourth-order valence-corrected chi connectivity index (χ4v) is 4.67. The Kier molecular flexibility index (Phi) is 5.09. The van der Waals surface area contributed by atoms with Gasteiger partial charge in [0.2, 0.25) is 0 Å². The summed E-state index contributed by atoms with van der Waals surface area (Å²) in [5.41, 5.74) is 4.92. The van der Waals surface area contributed by atoms with Crippen molar-refractivity contribution in [3.8, 4) is 0 Å². The van der Waals surface area contributed by atoms with Crippen LogP contribution in [0.4, 0.5) is 5.69 Å². The number of Topliss-reactive ketones (excluding diaryl/α,β-unsaturated/α-hetero) is 1. The largest absolute Gasteiger partial charge is 0.507 e. The van der Waals surface area contributed by atoms with E-state index in [0.717, 1.165) is 34.1 Å². The number of benzene rings is 3. The molecule has 1 aliphatic heterocycles. The molecule has 5 rings (SSSR count). The third-order valence-electron chi connectivity index (χ3n) is 6.33. The summed E-state index contributed by atoms with van der Waals surface area (Å²) < 4.78 is 0. The number of nitrogens with zero attached hydrogens (tertiary/aromatic N) is 1. The van der Waals surface area contributed by atoms with E-state index in [0.29, 0.717) is 11.3 Å². The van der Waals surface area contributed by atoms with Gasteiger partial charge in [0, 0.05) is 33.4 Å². The number of anilines is 1. The number of aromatic amines is 1. The molecule has 4 aromatic rings. The van der Waals surface area contributed by atoms with Crippen molar-refractivity contribution in [2.75, 3.05) is 4.90 Å². The molecule has 2 N–H and O–H groups in total. The van der Waals surface area contributed by atoms with Gasteiger partial charge in [-0.15, -0.1) is 0 Å². The van der Waals surface area contributed by atoms with Gasteiger partial charge in [-0.2, -0.15) is 0 Å². The van der Waals surface area contributed by atoms with Gasteiger partial charge in [0.05, 0.1) is 11.6 Å². The van der Waals surface area contributed by atoms with E-state index >= 15 is 0 Å². The van der Waals surface area contributed by atoms with Crippen LogP contribution in [0, 0.1) is 6.92 Å². The summed E-state index contributed by atoms with van der Waals surface area (Å²) in [7, 11) is 0. The second-order valence-corrected chi connectivity index (χ2v) is 8.26. The van der Waals surface area contributed by atoms with Crippen LogP contribution in [-0.4, -0.2) is 21.8 Å². The molecule has 1 fully saturated rings. The van der Waals surface area contributed by atoms with Crippen LogP contribution in [-0.2, 0) is 16.0 Å². The molecule has 5 nitrogen and oxygen atoms in total. The summed E-state index contributed by atoms with van der Waals surface area (Å²) in [5.74, 6) is -1.51. The number of fused-ring (bicyclic) bond motifs is 1. The van der Waals surface area contributed by atoms with Crippen LogP contribution >= 0.6 is 0 Å². The predicted molar refractivity (Wildman–Crippen MR) is 130 cm³/mol. The molecule has 0 radical (unpaired) electrons. The summed E-state index contributed by atoms with van der Waals surface area (Å²) in [6.45, 7) is 3.99. The third-order valence-corrected chi connectivity index (χ3v) is 6.33. The van der Waals surface area contributed by atoms with Crippen molar-refractivity contribution >= 4 is 34.0 Å². The number of hydrogen-bond acceptors (Lipinski definition) is 3. The lowest BCUT2D eigenvalue weighted by Gasteiger charge is -2.26. The van der Waals surface area contributed by atoms with Crippen LogP contribution in [0.25, 0.3) is 16.7 Å². The van der Waals surface area contributed by atoms with Crippen molar-refractivity contribution in [2.45, 2.75) is 26.3 Å². The molecule has 0 spiro atoms. The molecular formula is C28H24N2O3. The summed E-state index contributed by atoms with van der Waals surface area (Å²) in [4.78, 5) is 31.6. The molecule has 3 aromatic carbocycles. The smallest absolute Gasteiger partial charge is 0.300 e. The average molecular weight is 437 g/mol. The fraction of sp³-hybridized carbons (Fsp3) is 0.143. The number of aryl methyl sites for hydroxylation is 2. The minimum absolute atomic E-state index is 0.0959. The Bertz CT molecular complexity index is 1400. The number of hydrogen-bond donors (Lipinski definition) is 2. The van der Waals surface area contributed by atoms with Crippen molar-refractivity contribution in [3.63, 3.8) is 0 Å². The Morgan fingerprint density at radius 1 is 0.939 bits per heavy atom. The van der Waals surface area contributed by atoms with Gasteiger partial charge in [-0.25, -0.2) is 0 Å². The molecule has 5 heteroatoms. The molecule has 0 saturated carbocycles. The normalized spacial score (nSPS) is 17.8. The molecule has 1 amide bonds. The highest BCUT2D eigenvalue weighted by Crippen LogP contribution is 2.45. The standard InChI is InChI=1S/C28H24N2O3/c1-3-18-13-15-20(16-14-18)30-25(23-17(2)29-22-12-8-7-11-21(22)23)24(27(32)28(30)33)26(31)19-9-5-4-6-10-19/h4-16,25,29,31H,3H2,1-2H3/b26-24+. The number of nitrogens with one attached hydrogen (secondary N) is 1. The van der Waals surface area contributed by atoms with Gasteiger partial charge in [-0.3, -0.25) is 14.5 Å². The second kappa shape index (κ2) is 8.10. The quantitative estimate of drug-likeness (QED) is 0.246. The molecule has 164 valence electrons. The maximum absolute atomic E-state index is 13.4. The molecule has 1 atom stereocenters. The molecule has 0 bridgehead atoms. The van der Waals surface area contributed by atoms with Crippen LogP contribution in [0.1, 0.15) is 35.3 Å². The zero-order valence-corrected chi connectivity index (χ0v) is 18.5. The number of H-pyrrole nitrogens is 1. The van der Waals surface area contributed by atoms with Crippen LogP contribution < -0.4 is 4.90 Å². The lowest BCUT2D eigenvalue weighted by Crippen LogP contribution is -2.29. The highest BCUT2D eigenvalue weighted by molar-refractivity contribution is 6.52. The van der Waals surface area contributed by atoms with Gasteiger partial charge in [-0.05, 0) is 37.1 Å². The first-order valence-electron chi connectivity index (χ1n) is 11.0. The number of aliphatic hydroxyl groups excluding tert-OH is 1. The summed E-state index contributed by atoms with van der Waals surface area (Å²) in [6.07, 6.45) is 0.873. The monoisotopic (exact) mass is 436 g/mol. The molecule has 0 aliphatic carbocycles.